The van der Waals surface area contributed by atoms with Crippen LogP contribution in [0.3, 0.4) is 0 Å². The Hall–Kier alpha value is -5.09. The van der Waals surface area contributed by atoms with Crippen LogP contribution in [0.4, 0.5) is 0 Å². The van der Waals surface area contributed by atoms with Gasteiger partial charge in [-0.25, -0.2) is 9.13 Å². The lowest BCUT2D eigenvalue weighted by Gasteiger charge is -2.21. The summed E-state index contributed by atoms with van der Waals surface area (Å²) in [4.78, 5) is 58.8. The van der Waals surface area contributed by atoms with E-state index in [-0.39, 0.29) is 19.3 Å². The summed E-state index contributed by atoms with van der Waals surface area (Å²) in [6.45, 7) is 2.42. The molecule has 0 saturated carbocycles. The molecule has 0 radical (unpaired) electrons. The Kier molecular flexibility index (Phi) is 80.4. The summed E-state index contributed by atoms with van der Waals surface area (Å²) >= 11 is 0. The van der Waals surface area contributed by atoms with Crippen molar-refractivity contribution in [1.82, 2.24) is 0 Å². The van der Waals surface area contributed by atoms with Crippen molar-refractivity contribution in [1.29, 1.82) is 0 Å². The van der Waals surface area contributed by atoms with Crippen LogP contribution in [0, 0.1) is 0 Å². The second-order valence-corrected chi connectivity index (χ2v) is 31.5. The van der Waals surface area contributed by atoms with Gasteiger partial charge in [-0.15, -0.1) is 0 Å². The fourth-order valence-electron chi connectivity index (χ4n) is 11.4. The number of ether oxygens (including phenoxy) is 3. The molecule has 0 spiro atoms. The number of phosphoric acid groups is 2. The molecule has 111 heavy (non-hydrogen) atoms. The van der Waals surface area contributed by atoms with E-state index in [1.165, 1.54) is 103 Å². The second kappa shape index (κ2) is 84.3. The van der Waals surface area contributed by atoms with Crippen molar-refractivity contribution >= 4 is 33.6 Å². The summed E-state index contributed by atoms with van der Waals surface area (Å²) < 4.78 is 61.3. The molecule has 0 aliphatic carbocycles. The van der Waals surface area contributed by atoms with E-state index < -0.39 is 91.5 Å². The van der Waals surface area contributed by atoms with E-state index in [1.807, 2.05) is 0 Å². The Morgan fingerprint density at radius 3 is 0.757 bits per heavy atom. The number of allylic oxidation sites excluding steroid dienone is 28. The van der Waals surface area contributed by atoms with E-state index in [2.05, 4.69) is 191 Å². The minimum absolute atomic E-state index is 0.0839. The summed E-state index contributed by atoms with van der Waals surface area (Å²) in [5, 5.41) is 20.7. The minimum atomic E-state index is -4.94. The van der Waals surface area contributed by atoms with E-state index >= 15 is 0 Å². The summed E-state index contributed by atoms with van der Waals surface area (Å²) in [5.74, 6) is -1.60. The highest BCUT2D eigenvalue weighted by molar-refractivity contribution is 7.47. The summed E-state index contributed by atoms with van der Waals surface area (Å²) in [6, 6.07) is 0. The molecule has 16 nitrogen and oxygen atoms in total. The smallest absolute Gasteiger partial charge is 0.463 e. The minimum Gasteiger partial charge on any atom is -0.463 e. The molecule has 0 saturated heterocycles. The van der Waals surface area contributed by atoms with Gasteiger partial charge in [-0.05, 0) is 154 Å². The van der Waals surface area contributed by atoms with Crippen molar-refractivity contribution in [3.05, 3.63) is 170 Å². The van der Waals surface area contributed by atoms with E-state index in [1.54, 1.807) is 0 Å². The molecule has 5 atom stereocenters. The zero-order valence-electron chi connectivity index (χ0n) is 69.6. The number of unbranched alkanes of at least 4 members (excludes halogenated alkanes) is 30. The molecule has 0 fully saturated rings. The number of rotatable bonds is 81. The number of aliphatic hydroxyl groups excluding tert-OH is 2. The molecule has 0 aromatic carbocycles. The van der Waals surface area contributed by atoms with Gasteiger partial charge in [-0.2, -0.15) is 0 Å². The van der Waals surface area contributed by atoms with Crippen LogP contribution in [-0.2, 0) is 55.8 Å². The van der Waals surface area contributed by atoms with Crippen molar-refractivity contribution in [2.45, 2.75) is 360 Å². The Morgan fingerprint density at radius 2 is 0.477 bits per heavy atom. The second-order valence-electron chi connectivity index (χ2n) is 28.6. The third-order valence-electron chi connectivity index (χ3n) is 17.9. The van der Waals surface area contributed by atoms with Gasteiger partial charge in [0.05, 0.1) is 26.4 Å². The monoisotopic (exact) mass is 1590 g/mol. The van der Waals surface area contributed by atoms with E-state index in [0.717, 1.165) is 180 Å². The van der Waals surface area contributed by atoms with Crippen LogP contribution < -0.4 is 0 Å². The van der Waals surface area contributed by atoms with Crippen molar-refractivity contribution in [2.24, 2.45) is 0 Å². The number of carbonyl (C=O) groups excluding carboxylic acids is 3. The first-order valence-electron chi connectivity index (χ1n) is 43.4. The largest absolute Gasteiger partial charge is 0.472 e. The van der Waals surface area contributed by atoms with Crippen molar-refractivity contribution < 1.29 is 75.8 Å². The van der Waals surface area contributed by atoms with Crippen LogP contribution in [-0.4, -0.2) is 95.9 Å². The number of aliphatic hydroxyl groups is 2. The summed E-state index contributed by atoms with van der Waals surface area (Å²) in [5.41, 5.74) is 0. The zero-order chi connectivity index (χ0) is 80.8. The Balaban J connectivity index is 4.53. The van der Waals surface area contributed by atoms with Gasteiger partial charge in [0.25, 0.3) is 0 Å². The third kappa shape index (κ3) is 85.6. The highest BCUT2D eigenvalue weighted by Gasteiger charge is 2.29. The molecule has 0 amide bonds. The van der Waals surface area contributed by atoms with Crippen LogP contribution in [0.2, 0.25) is 0 Å². The Bertz CT molecular complexity index is 2700. The molecule has 4 N–H and O–H groups in total. The topological polar surface area (TPSA) is 231 Å². The maximum atomic E-state index is 13.0. The average Bonchev–Trinajstić information content (AvgIpc) is 0.908. The molecule has 0 aliphatic heterocycles. The van der Waals surface area contributed by atoms with Crippen LogP contribution in [0.15, 0.2) is 170 Å². The van der Waals surface area contributed by atoms with E-state index in [4.69, 9.17) is 32.3 Å². The number of hydrogen-bond acceptors (Lipinski definition) is 14. The van der Waals surface area contributed by atoms with E-state index in [9.17, 15) is 43.5 Å². The molecule has 0 bridgehead atoms. The maximum absolute atomic E-state index is 13.0. The van der Waals surface area contributed by atoms with Gasteiger partial charge < -0.3 is 34.2 Å². The lowest BCUT2D eigenvalue weighted by Crippen LogP contribution is -2.30. The first-order valence-corrected chi connectivity index (χ1v) is 46.4. The van der Waals surface area contributed by atoms with E-state index in [0.29, 0.717) is 19.3 Å². The van der Waals surface area contributed by atoms with Crippen LogP contribution >= 0.6 is 15.6 Å². The molecule has 18 heteroatoms. The lowest BCUT2D eigenvalue weighted by atomic mass is 10.0. The van der Waals surface area contributed by atoms with Gasteiger partial charge in [0.15, 0.2) is 6.10 Å². The maximum Gasteiger partial charge on any atom is 0.472 e. The molecule has 0 heterocycles. The average molecular weight is 1590 g/mol. The first-order chi connectivity index (χ1) is 54.2. The number of hydrogen-bond donors (Lipinski definition) is 4. The Morgan fingerprint density at radius 1 is 0.261 bits per heavy atom. The lowest BCUT2D eigenvalue weighted by molar-refractivity contribution is -0.161. The highest BCUT2D eigenvalue weighted by atomic mass is 31.2. The Labute approximate surface area is 675 Å². The SMILES string of the molecule is CC/C=C\C/C=C\C/C=C\C/C=C\C/C=C\C/C=C\CCCCCCCCCCCCCCC(=O)OCC(O)COP(=O)(O)OCC(O)COP(=O)(O)OCC(COC(=O)CCCCCCCCCCCC/C=C\C/C=C\C/C=C\C/C=C\C/C=C\C/C=C\CC)OC(=O)CCCCCCC/C=C\C/C=C\CCCCC. The van der Waals surface area contributed by atoms with Gasteiger partial charge in [0.2, 0.25) is 0 Å². The van der Waals surface area contributed by atoms with Gasteiger partial charge in [-0.3, -0.25) is 32.5 Å². The van der Waals surface area contributed by atoms with Crippen LogP contribution in [0.1, 0.15) is 342 Å². The fourth-order valence-corrected chi connectivity index (χ4v) is 13.0. The van der Waals surface area contributed by atoms with Crippen molar-refractivity contribution in [3.63, 3.8) is 0 Å². The molecular formula is C93H156O16P2. The number of esters is 3. The highest BCUT2D eigenvalue weighted by Crippen LogP contribution is 2.45. The predicted molar refractivity (Wildman–Crippen MR) is 463 cm³/mol. The van der Waals surface area contributed by atoms with Crippen LogP contribution in [0.25, 0.3) is 0 Å². The third-order valence-corrected chi connectivity index (χ3v) is 19.8. The summed E-state index contributed by atoms with van der Waals surface area (Å²) in [6.07, 6.45) is 108. The molecule has 5 unspecified atom stereocenters. The van der Waals surface area contributed by atoms with Crippen molar-refractivity contribution in [2.75, 3.05) is 39.6 Å². The van der Waals surface area contributed by atoms with Crippen molar-refractivity contribution in [3.8, 4) is 0 Å². The molecule has 0 aliphatic rings. The molecule has 0 aromatic heterocycles. The van der Waals surface area contributed by atoms with Gasteiger partial charge in [-0.1, -0.05) is 339 Å². The molecule has 0 rings (SSSR count). The number of phosphoric ester groups is 2. The predicted octanol–water partition coefficient (Wildman–Crippen LogP) is 26.3. The standard InChI is InChI=1S/C93H156O16P2/c1-4-7-10-13-16-19-22-25-28-30-32-34-36-38-40-42-43-45-47-48-50-52-54-56-59-61-64-67-70-73-76-79-91(96)103-82-88(94)83-105-110(99,100)106-84-89(95)85-107-111(101,102)108-87-90(109-93(98)81-78-75-72-69-66-63-58-27-24-21-18-15-12-9-6-3)86-104-92(97)80-77-74-71-68-65-62-60-57-55-53-51-49-46-44-41-39-37-35-33-31-29-26-23-20-17-14-11-8-5-2/h7-8,10-11,16-21,25-29,32-35,38-41,43,45-46,49,58,88-90,94-95H,4-6,9,12-15,22-24,30-31,36-37,42,44,47-48,50-57,59-87H2,1-3H3,(H,99,100)(H,101,102)/b10-7-,11-8-,19-16-,20-17-,21-18-,28-25-,29-26-,34-32-,35-33-,40-38-,41-39-,45-43-,49-46-,58-27-. The van der Waals surface area contributed by atoms with Gasteiger partial charge >= 0.3 is 33.6 Å². The molecular weight excluding hydrogens is 1430 g/mol. The molecule has 0 aromatic rings. The summed E-state index contributed by atoms with van der Waals surface area (Å²) in [7, 11) is -9.81. The first kappa shape index (κ1) is 106. The van der Waals surface area contributed by atoms with Crippen LogP contribution in [0.5, 0.6) is 0 Å². The van der Waals surface area contributed by atoms with Gasteiger partial charge in [0.1, 0.15) is 25.4 Å². The normalized spacial score (nSPS) is 14.7. The fraction of sp³-hybridized carbons (Fsp3) is 0.667. The molecule has 634 valence electrons. The quantitative estimate of drug-likeness (QED) is 0.0146. The number of carbonyl (C=O) groups is 3. The van der Waals surface area contributed by atoms with Gasteiger partial charge in [0, 0.05) is 19.3 Å². The zero-order valence-corrected chi connectivity index (χ0v) is 71.4.